The molecule has 0 spiro atoms. The van der Waals surface area contributed by atoms with Crippen molar-refractivity contribution in [3.8, 4) is 0 Å². The summed E-state index contributed by atoms with van der Waals surface area (Å²) in [5.41, 5.74) is 7.11. The van der Waals surface area contributed by atoms with Crippen LogP contribution in [0.5, 0.6) is 0 Å². The zero-order valence-electron chi connectivity index (χ0n) is 16.4. The summed E-state index contributed by atoms with van der Waals surface area (Å²) in [5.74, 6) is 1.88. The van der Waals surface area contributed by atoms with Crippen LogP contribution in [0.25, 0.3) is 0 Å². The molecular weight excluding hydrogens is 312 g/mol. The lowest BCUT2D eigenvalue weighted by molar-refractivity contribution is -0.0281. The van der Waals surface area contributed by atoms with E-state index in [1.165, 1.54) is 49.7 Å². The van der Waals surface area contributed by atoms with E-state index in [1.54, 1.807) is 11.1 Å². The normalized spacial score (nSPS) is 35.0. The van der Waals surface area contributed by atoms with Gasteiger partial charge in [-0.25, -0.2) is 0 Å². The highest BCUT2D eigenvalue weighted by Crippen LogP contribution is 2.66. The molecule has 4 aliphatic rings. The third-order valence-corrected chi connectivity index (χ3v) is 8.01. The molecule has 0 amide bonds. The Morgan fingerprint density at radius 3 is 1.38 bits per heavy atom. The first kappa shape index (κ1) is 16.6. The average Bonchev–Trinajstić information content (AvgIpc) is 2.67. The molecular formula is C26H32. The Hall–Kier alpha value is -1.56. The molecule has 0 saturated heterocycles. The van der Waals surface area contributed by atoms with Gasteiger partial charge in [0.2, 0.25) is 0 Å². The van der Waals surface area contributed by atoms with Gasteiger partial charge in [-0.15, -0.1) is 0 Å². The van der Waals surface area contributed by atoms with E-state index in [4.69, 9.17) is 0 Å². The van der Waals surface area contributed by atoms with Crippen LogP contribution in [-0.2, 0) is 23.7 Å². The summed E-state index contributed by atoms with van der Waals surface area (Å²) in [6.07, 6.45) is 10.9. The zero-order chi connectivity index (χ0) is 17.8. The lowest BCUT2D eigenvalue weighted by atomic mass is 9.41. The SMILES string of the molecule is CCc1ccc(C23CC4CC(C2)CC(c2ccc(CC)cc2)(C4)C3)cc1. The highest BCUT2D eigenvalue weighted by molar-refractivity contribution is 5.39. The van der Waals surface area contributed by atoms with Crippen molar-refractivity contribution in [2.24, 2.45) is 11.8 Å². The van der Waals surface area contributed by atoms with Gasteiger partial charge in [0.1, 0.15) is 0 Å². The Labute approximate surface area is 159 Å². The van der Waals surface area contributed by atoms with Crippen molar-refractivity contribution in [3.63, 3.8) is 0 Å². The molecule has 4 fully saturated rings. The highest BCUT2D eigenvalue weighted by Gasteiger charge is 2.58. The standard InChI is InChI=1S/C26H32/c1-3-19-5-9-23(10-6-19)25-14-21-13-22(15-25)17-26(16-21,18-25)24-11-7-20(4-2)8-12-24/h5-12,21-22H,3-4,13-18H2,1-2H3. The zero-order valence-corrected chi connectivity index (χ0v) is 16.4. The maximum absolute atomic E-state index is 2.47. The molecule has 0 N–H and O–H groups in total. The van der Waals surface area contributed by atoms with E-state index < -0.39 is 0 Å². The van der Waals surface area contributed by atoms with E-state index in [9.17, 15) is 0 Å². The average molecular weight is 345 g/mol. The fraction of sp³-hybridized carbons (Fsp3) is 0.538. The summed E-state index contributed by atoms with van der Waals surface area (Å²) in [4.78, 5) is 0. The monoisotopic (exact) mass is 344 g/mol. The van der Waals surface area contributed by atoms with Crippen LogP contribution in [0, 0.1) is 11.8 Å². The topological polar surface area (TPSA) is 0 Å². The van der Waals surface area contributed by atoms with E-state index >= 15 is 0 Å². The Bertz CT molecular complexity index is 700. The second kappa shape index (κ2) is 5.98. The summed E-state index contributed by atoms with van der Waals surface area (Å²) in [5, 5.41) is 0. The minimum Gasteiger partial charge on any atom is -0.0613 e. The van der Waals surface area contributed by atoms with Crippen molar-refractivity contribution < 1.29 is 0 Å². The molecule has 0 heteroatoms. The van der Waals surface area contributed by atoms with Crippen LogP contribution >= 0.6 is 0 Å². The van der Waals surface area contributed by atoms with Crippen LogP contribution in [0.1, 0.15) is 74.6 Å². The third kappa shape index (κ3) is 2.48. The van der Waals surface area contributed by atoms with Gasteiger partial charge < -0.3 is 0 Å². The third-order valence-electron chi connectivity index (χ3n) is 8.01. The fourth-order valence-electron chi connectivity index (χ4n) is 7.13. The van der Waals surface area contributed by atoms with Gasteiger partial charge in [-0.2, -0.15) is 0 Å². The first-order valence-corrected chi connectivity index (χ1v) is 10.8. The molecule has 6 rings (SSSR count). The molecule has 26 heavy (non-hydrogen) atoms. The van der Waals surface area contributed by atoms with Crippen molar-refractivity contribution in [2.75, 3.05) is 0 Å². The largest absolute Gasteiger partial charge is 0.0613 e. The number of hydrogen-bond acceptors (Lipinski definition) is 0. The Morgan fingerprint density at radius 1 is 0.654 bits per heavy atom. The fourth-order valence-corrected chi connectivity index (χ4v) is 7.13. The smallest absolute Gasteiger partial charge is 0.00332 e. The lowest BCUT2D eigenvalue weighted by Crippen LogP contribution is -2.55. The highest BCUT2D eigenvalue weighted by atomic mass is 14.6. The molecule has 2 aromatic carbocycles. The van der Waals surface area contributed by atoms with E-state index in [2.05, 4.69) is 62.4 Å². The molecule has 0 aromatic heterocycles. The first-order valence-electron chi connectivity index (χ1n) is 10.8. The number of benzene rings is 2. The molecule has 0 radical (unpaired) electrons. The Morgan fingerprint density at radius 2 is 1.04 bits per heavy atom. The van der Waals surface area contributed by atoms with Crippen LogP contribution in [-0.4, -0.2) is 0 Å². The van der Waals surface area contributed by atoms with Gasteiger partial charge in [0, 0.05) is 0 Å². The number of rotatable bonds is 4. The lowest BCUT2D eigenvalue weighted by Gasteiger charge is -2.63. The second-order valence-electron chi connectivity index (χ2n) is 9.62. The summed E-state index contributed by atoms with van der Waals surface area (Å²) in [6, 6.07) is 19.4. The minimum atomic E-state index is 0.444. The summed E-state index contributed by atoms with van der Waals surface area (Å²) < 4.78 is 0. The van der Waals surface area contributed by atoms with Crippen LogP contribution in [0.4, 0.5) is 0 Å². The van der Waals surface area contributed by atoms with E-state index in [1.807, 2.05) is 0 Å². The van der Waals surface area contributed by atoms with Crippen LogP contribution in [0.2, 0.25) is 0 Å². The maximum Gasteiger partial charge on any atom is -0.00332 e. The molecule has 136 valence electrons. The van der Waals surface area contributed by atoms with Crippen LogP contribution in [0.3, 0.4) is 0 Å². The maximum atomic E-state index is 2.47. The van der Waals surface area contributed by atoms with E-state index in [-0.39, 0.29) is 0 Å². The summed E-state index contributed by atoms with van der Waals surface area (Å²) >= 11 is 0. The molecule has 0 aliphatic heterocycles. The van der Waals surface area contributed by atoms with Gasteiger partial charge in [-0.3, -0.25) is 0 Å². The van der Waals surface area contributed by atoms with Gasteiger partial charge in [0.05, 0.1) is 0 Å². The Balaban J connectivity index is 1.54. The Kier molecular flexibility index (Phi) is 3.82. The van der Waals surface area contributed by atoms with Crippen molar-refractivity contribution >= 4 is 0 Å². The van der Waals surface area contributed by atoms with E-state index in [0.29, 0.717) is 10.8 Å². The van der Waals surface area contributed by atoms with Crippen LogP contribution < -0.4 is 0 Å². The van der Waals surface area contributed by atoms with Gasteiger partial charge in [0.25, 0.3) is 0 Å². The molecule has 4 bridgehead atoms. The van der Waals surface area contributed by atoms with Gasteiger partial charge in [0.15, 0.2) is 0 Å². The minimum absolute atomic E-state index is 0.444. The molecule has 0 heterocycles. The molecule has 4 aliphatic carbocycles. The van der Waals surface area contributed by atoms with Gasteiger partial charge in [-0.05, 0) is 96.3 Å². The number of hydrogen-bond donors (Lipinski definition) is 0. The van der Waals surface area contributed by atoms with Crippen molar-refractivity contribution in [3.05, 3.63) is 70.8 Å². The summed E-state index contributed by atoms with van der Waals surface area (Å²) in [7, 11) is 0. The molecule has 2 aromatic rings. The second-order valence-corrected chi connectivity index (χ2v) is 9.62. The first-order chi connectivity index (χ1) is 12.6. The van der Waals surface area contributed by atoms with Crippen molar-refractivity contribution in [2.45, 2.75) is 76.0 Å². The van der Waals surface area contributed by atoms with E-state index in [0.717, 1.165) is 24.7 Å². The number of aryl methyl sites for hydroxylation is 2. The molecule has 4 saturated carbocycles. The van der Waals surface area contributed by atoms with Crippen LogP contribution in [0.15, 0.2) is 48.5 Å². The molecule has 0 unspecified atom stereocenters. The summed E-state index contributed by atoms with van der Waals surface area (Å²) in [6.45, 7) is 4.52. The van der Waals surface area contributed by atoms with Gasteiger partial charge in [-0.1, -0.05) is 62.4 Å². The van der Waals surface area contributed by atoms with Gasteiger partial charge >= 0.3 is 0 Å². The molecule has 0 atom stereocenters. The predicted octanol–water partition coefficient (Wildman–Crippen LogP) is 6.60. The molecule has 0 nitrogen and oxygen atoms in total. The quantitative estimate of drug-likeness (QED) is 0.586. The van der Waals surface area contributed by atoms with Crippen molar-refractivity contribution in [1.29, 1.82) is 0 Å². The predicted molar refractivity (Wildman–Crippen MR) is 110 cm³/mol. The van der Waals surface area contributed by atoms with Crippen molar-refractivity contribution in [1.82, 2.24) is 0 Å².